The monoisotopic (exact) mass is 552 g/mol. The van der Waals surface area contributed by atoms with Crippen molar-refractivity contribution < 1.29 is 18.9 Å². The van der Waals surface area contributed by atoms with Crippen molar-refractivity contribution >= 4 is 11.8 Å². The molecule has 0 radical (unpaired) electrons. The van der Waals surface area contributed by atoms with Crippen molar-refractivity contribution in [2.75, 3.05) is 12.4 Å². The van der Waals surface area contributed by atoms with Crippen LogP contribution in [0.15, 0.2) is 114 Å². The van der Waals surface area contributed by atoms with Crippen LogP contribution in [-0.2, 0) is 38.8 Å². The Morgan fingerprint density at radius 2 is 1.27 bits per heavy atom. The number of rotatable bonds is 10. The van der Waals surface area contributed by atoms with Crippen molar-refractivity contribution in [1.29, 1.82) is 0 Å². The maximum Gasteiger partial charge on any atom is 0.113 e. The first-order valence-corrected chi connectivity index (χ1v) is 15.0. The normalized spacial score (nSPS) is 23.8. The van der Waals surface area contributed by atoms with Gasteiger partial charge in [0, 0.05) is 16.6 Å². The lowest BCUT2D eigenvalue weighted by Crippen LogP contribution is -2.56. The van der Waals surface area contributed by atoms with Gasteiger partial charge in [-0.05, 0) is 35.2 Å². The molecule has 5 atom stereocenters. The van der Waals surface area contributed by atoms with Crippen LogP contribution in [0.3, 0.4) is 0 Å². The summed E-state index contributed by atoms with van der Waals surface area (Å²) in [6.45, 7) is 4.13. The van der Waals surface area contributed by atoms with Crippen LogP contribution in [0, 0.1) is 12.8 Å². The maximum absolute atomic E-state index is 6.95. The molecule has 0 saturated carbocycles. The molecule has 0 unspecified atom stereocenters. The summed E-state index contributed by atoms with van der Waals surface area (Å²) in [6, 6.07) is 37.7. The van der Waals surface area contributed by atoms with Gasteiger partial charge in [-0.1, -0.05) is 109 Å². The van der Waals surface area contributed by atoms with Gasteiger partial charge in [0.05, 0.1) is 38.6 Å². The molecule has 2 aliphatic rings. The number of hydrogen-bond donors (Lipinski definition) is 0. The van der Waals surface area contributed by atoms with E-state index in [1.165, 1.54) is 16.0 Å². The van der Waals surface area contributed by atoms with Crippen LogP contribution >= 0.6 is 11.8 Å². The highest BCUT2D eigenvalue weighted by atomic mass is 32.2. The molecule has 0 N–H and O–H groups in total. The van der Waals surface area contributed by atoms with E-state index < -0.39 is 0 Å². The molecule has 6 rings (SSSR count). The van der Waals surface area contributed by atoms with Crippen molar-refractivity contribution in [1.82, 2.24) is 0 Å². The molecule has 1 saturated heterocycles. The molecule has 206 valence electrons. The largest absolute Gasteiger partial charge is 0.374 e. The van der Waals surface area contributed by atoms with E-state index in [0.717, 1.165) is 22.4 Å². The Labute approximate surface area is 241 Å². The smallest absolute Gasteiger partial charge is 0.113 e. The first kappa shape index (κ1) is 27.3. The molecule has 0 spiro atoms. The van der Waals surface area contributed by atoms with E-state index in [4.69, 9.17) is 18.9 Å². The van der Waals surface area contributed by atoms with Crippen molar-refractivity contribution in [3.8, 4) is 0 Å². The molecule has 4 aromatic rings. The summed E-state index contributed by atoms with van der Waals surface area (Å²) >= 11 is 1.89. The molecule has 4 nitrogen and oxygen atoms in total. The predicted molar refractivity (Wildman–Crippen MR) is 159 cm³/mol. The zero-order chi connectivity index (χ0) is 27.1. The van der Waals surface area contributed by atoms with E-state index >= 15 is 0 Å². The minimum atomic E-state index is -0.272. The van der Waals surface area contributed by atoms with Gasteiger partial charge in [0.1, 0.15) is 12.2 Å². The third kappa shape index (κ3) is 6.51. The molecule has 2 aliphatic heterocycles. The number of ether oxygens (including phenoxy) is 4. The van der Waals surface area contributed by atoms with Gasteiger partial charge in [0.2, 0.25) is 0 Å². The molecule has 0 amide bonds. The molecule has 1 fully saturated rings. The lowest BCUT2D eigenvalue weighted by Gasteiger charge is -2.48. The SMILES string of the molecule is Cc1ccc2c(c1)[C@@H]1O[C@H](COCc3ccccc3)[C@@H](OCc3ccccc3)[C@H](OCc3ccccc3)[C@@H]1CS2. The van der Waals surface area contributed by atoms with Gasteiger partial charge >= 0.3 is 0 Å². The summed E-state index contributed by atoms with van der Waals surface area (Å²) in [5, 5.41) is 0. The van der Waals surface area contributed by atoms with Gasteiger partial charge < -0.3 is 18.9 Å². The summed E-state index contributed by atoms with van der Waals surface area (Å²) in [4.78, 5) is 1.29. The van der Waals surface area contributed by atoms with Crippen molar-refractivity contribution in [3.63, 3.8) is 0 Å². The number of fused-ring (bicyclic) bond motifs is 3. The Hall–Kier alpha value is -2.93. The van der Waals surface area contributed by atoms with Gasteiger partial charge in [0.25, 0.3) is 0 Å². The van der Waals surface area contributed by atoms with Crippen molar-refractivity contribution in [2.24, 2.45) is 5.92 Å². The van der Waals surface area contributed by atoms with E-state index in [2.05, 4.69) is 73.7 Å². The van der Waals surface area contributed by atoms with E-state index in [-0.39, 0.29) is 30.3 Å². The topological polar surface area (TPSA) is 36.9 Å². The molecule has 2 heterocycles. The fourth-order valence-electron chi connectivity index (χ4n) is 5.64. The molecule has 40 heavy (non-hydrogen) atoms. The second-order valence-corrected chi connectivity index (χ2v) is 11.7. The molecule has 5 heteroatoms. The zero-order valence-electron chi connectivity index (χ0n) is 22.9. The van der Waals surface area contributed by atoms with Gasteiger partial charge in [-0.25, -0.2) is 0 Å². The van der Waals surface area contributed by atoms with Crippen LogP contribution in [0.5, 0.6) is 0 Å². The van der Waals surface area contributed by atoms with Crippen LogP contribution in [0.1, 0.15) is 33.9 Å². The lowest BCUT2D eigenvalue weighted by molar-refractivity contribution is -0.244. The minimum absolute atomic E-state index is 0.0705. The Balaban J connectivity index is 1.29. The fourth-order valence-corrected chi connectivity index (χ4v) is 6.89. The average Bonchev–Trinajstić information content (AvgIpc) is 3.00. The number of hydrogen-bond acceptors (Lipinski definition) is 5. The molecular weight excluding hydrogens is 516 g/mol. The average molecular weight is 553 g/mol. The standard InChI is InChI=1S/C35H36O4S/c1-25-17-18-32-29(19-25)33-30(24-40-32)34(37-21-27-13-7-3-8-14-27)35(38-22-28-15-9-4-10-16-28)31(39-33)23-36-20-26-11-5-2-6-12-26/h2-19,30-31,33-35H,20-24H2,1H3/t30-,31-,33+,34-,35-/m1/s1. The third-order valence-electron chi connectivity index (χ3n) is 7.69. The van der Waals surface area contributed by atoms with Gasteiger partial charge in [-0.15, -0.1) is 11.8 Å². The Morgan fingerprint density at radius 1 is 0.700 bits per heavy atom. The lowest BCUT2D eigenvalue weighted by atomic mass is 9.83. The number of benzene rings is 4. The number of aryl methyl sites for hydroxylation is 1. The first-order valence-electron chi connectivity index (χ1n) is 14.1. The maximum atomic E-state index is 6.95. The van der Waals surface area contributed by atoms with Crippen LogP contribution in [0.25, 0.3) is 0 Å². The van der Waals surface area contributed by atoms with E-state index in [1.54, 1.807) is 0 Å². The molecule has 0 bridgehead atoms. The Morgan fingerprint density at radius 3 is 1.90 bits per heavy atom. The Bertz CT molecular complexity index is 1350. The van der Waals surface area contributed by atoms with Gasteiger partial charge in [-0.2, -0.15) is 0 Å². The van der Waals surface area contributed by atoms with E-state index in [0.29, 0.717) is 26.4 Å². The summed E-state index contributed by atoms with van der Waals surface area (Å²) in [5.74, 6) is 1.08. The molecule has 0 aromatic heterocycles. The van der Waals surface area contributed by atoms with Crippen LogP contribution < -0.4 is 0 Å². The van der Waals surface area contributed by atoms with Gasteiger partial charge in [-0.3, -0.25) is 0 Å². The summed E-state index contributed by atoms with van der Waals surface area (Å²) in [5.41, 5.74) is 5.93. The van der Waals surface area contributed by atoms with Crippen LogP contribution in [-0.4, -0.2) is 30.7 Å². The second-order valence-electron chi connectivity index (χ2n) is 10.6. The molecule has 0 aliphatic carbocycles. The summed E-state index contributed by atoms with van der Waals surface area (Å²) < 4.78 is 26.7. The fraction of sp³-hybridized carbons (Fsp3) is 0.314. The molecular formula is C35H36O4S. The second kappa shape index (κ2) is 13.2. The minimum Gasteiger partial charge on any atom is -0.374 e. The highest BCUT2D eigenvalue weighted by Crippen LogP contribution is 2.49. The zero-order valence-corrected chi connectivity index (χ0v) is 23.7. The highest BCUT2D eigenvalue weighted by molar-refractivity contribution is 7.99. The van der Waals surface area contributed by atoms with Crippen molar-refractivity contribution in [2.45, 2.75) is 56.1 Å². The molecule has 4 aromatic carbocycles. The highest BCUT2D eigenvalue weighted by Gasteiger charge is 2.49. The quantitative estimate of drug-likeness (QED) is 0.203. The van der Waals surface area contributed by atoms with Crippen LogP contribution in [0.2, 0.25) is 0 Å². The first-order chi connectivity index (χ1) is 19.7. The van der Waals surface area contributed by atoms with Crippen LogP contribution in [0.4, 0.5) is 0 Å². The summed E-state index contributed by atoms with van der Waals surface area (Å²) in [6.07, 6.45) is -0.758. The van der Waals surface area contributed by atoms with E-state index in [9.17, 15) is 0 Å². The van der Waals surface area contributed by atoms with E-state index in [1.807, 2.05) is 54.2 Å². The predicted octanol–water partition coefficient (Wildman–Crippen LogP) is 7.54. The Kier molecular flexibility index (Phi) is 8.96. The summed E-state index contributed by atoms with van der Waals surface area (Å²) in [7, 11) is 0. The van der Waals surface area contributed by atoms with Gasteiger partial charge in [0.15, 0.2) is 0 Å². The van der Waals surface area contributed by atoms with Crippen molar-refractivity contribution in [3.05, 3.63) is 137 Å². The third-order valence-corrected chi connectivity index (χ3v) is 8.92. The number of thioether (sulfide) groups is 1.